The second-order valence-electron chi connectivity index (χ2n) is 6.57. The molecule has 0 spiro atoms. The number of hydrogen-bond acceptors (Lipinski definition) is 4. The van der Waals surface area contributed by atoms with Crippen molar-refractivity contribution in [2.45, 2.75) is 24.2 Å². The fourth-order valence-corrected chi connectivity index (χ4v) is 4.96. The number of ether oxygens (including phenoxy) is 1. The van der Waals surface area contributed by atoms with Crippen LogP contribution in [0, 0.1) is 11.7 Å². The van der Waals surface area contributed by atoms with Gasteiger partial charge >= 0.3 is 0 Å². The molecule has 0 aliphatic carbocycles. The topological polar surface area (TPSA) is 49.9 Å². The van der Waals surface area contributed by atoms with E-state index in [1.165, 1.54) is 24.3 Å². The standard InChI is InChI=1S/C17H25FN2O3S/c18-16-3-5-17(6-4-16)24(21,22)20-8-1-2-15(7-9-20)14-19-10-12-23-13-11-19/h3-6,15H,1-2,7-14H2. The van der Waals surface area contributed by atoms with Gasteiger partial charge < -0.3 is 4.74 Å². The summed E-state index contributed by atoms with van der Waals surface area (Å²) in [6.45, 7) is 5.61. The third-order valence-corrected chi connectivity index (χ3v) is 6.79. The predicted octanol–water partition coefficient (Wildman–Crippen LogP) is 1.95. The van der Waals surface area contributed by atoms with Gasteiger partial charge in [-0.25, -0.2) is 12.8 Å². The van der Waals surface area contributed by atoms with Crippen LogP contribution in [0.3, 0.4) is 0 Å². The molecule has 0 N–H and O–H groups in total. The highest BCUT2D eigenvalue weighted by Crippen LogP contribution is 2.24. The molecule has 0 aromatic heterocycles. The second-order valence-corrected chi connectivity index (χ2v) is 8.51. The van der Waals surface area contributed by atoms with Crippen LogP contribution in [0.1, 0.15) is 19.3 Å². The second kappa shape index (κ2) is 7.91. The van der Waals surface area contributed by atoms with E-state index >= 15 is 0 Å². The van der Waals surface area contributed by atoms with Crippen molar-refractivity contribution >= 4 is 10.0 Å². The summed E-state index contributed by atoms with van der Waals surface area (Å²) in [5.74, 6) is 0.104. The Labute approximate surface area is 143 Å². The normalized spacial score (nSPS) is 24.6. The Kier molecular flexibility index (Phi) is 5.86. The Hall–Kier alpha value is -1.02. The average Bonchev–Trinajstić information content (AvgIpc) is 2.82. The Balaban J connectivity index is 1.61. The molecule has 5 nitrogen and oxygen atoms in total. The quantitative estimate of drug-likeness (QED) is 0.827. The molecule has 2 saturated heterocycles. The zero-order valence-corrected chi connectivity index (χ0v) is 14.7. The molecule has 7 heteroatoms. The summed E-state index contributed by atoms with van der Waals surface area (Å²) >= 11 is 0. The molecule has 24 heavy (non-hydrogen) atoms. The number of rotatable bonds is 4. The van der Waals surface area contributed by atoms with Crippen molar-refractivity contribution in [2.75, 3.05) is 45.9 Å². The summed E-state index contributed by atoms with van der Waals surface area (Å²) in [7, 11) is -3.53. The first-order chi connectivity index (χ1) is 11.6. The van der Waals surface area contributed by atoms with E-state index < -0.39 is 15.8 Å². The molecule has 0 radical (unpaired) electrons. The van der Waals surface area contributed by atoms with Gasteiger partial charge in [-0.2, -0.15) is 4.31 Å². The molecule has 2 fully saturated rings. The molecule has 1 atom stereocenters. The predicted molar refractivity (Wildman–Crippen MR) is 89.8 cm³/mol. The highest BCUT2D eigenvalue weighted by atomic mass is 32.2. The van der Waals surface area contributed by atoms with Gasteiger partial charge in [0.1, 0.15) is 5.82 Å². The minimum absolute atomic E-state index is 0.176. The molecule has 1 aromatic rings. The molecule has 3 rings (SSSR count). The highest BCUT2D eigenvalue weighted by molar-refractivity contribution is 7.89. The smallest absolute Gasteiger partial charge is 0.243 e. The molecule has 0 saturated carbocycles. The number of nitrogens with zero attached hydrogens (tertiary/aromatic N) is 2. The van der Waals surface area contributed by atoms with E-state index in [0.717, 1.165) is 52.1 Å². The van der Waals surface area contributed by atoms with Gasteiger partial charge in [-0.05, 0) is 49.4 Å². The number of morpholine rings is 1. The Morgan fingerprint density at radius 1 is 1.04 bits per heavy atom. The largest absolute Gasteiger partial charge is 0.379 e. The van der Waals surface area contributed by atoms with Crippen molar-refractivity contribution < 1.29 is 17.5 Å². The first kappa shape index (κ1) is 17.8. The molecular formula is C17H25FN2O3S. The third-order valence-electron chi connectivity index (χ3n) is 4.88. The van der Waals surface area contributed by atoms with Crippen molar-refractivity contribution in [1.29, 1.82) is 0 Å². The van der Waals surface area contributed by atoms with Crippen molar-refractivity contribution in [3.8, 4) is 0 Å². The fourth-order valence-electron chi connectivity index (χ4n) is 3.47. The molecular weight excluding hydrogens is 331 g/mol. The van der Waals surface area contributed by atoms with E-state index in [4.69, 9.17) is 4.74 Å². The zero-order chi connectivity index (χ0) is 17.0. The fraction of sp³-hybridized carbons (Fsp3) is 0.647. The van der Waals surface area contributed by atoms with Crippen LogP contribution >= 0.6 is 0 Å². The Bertz CT molecular complexity index is 630. The first-order valence-electron chi connectivity index (χ1n) is 8.61. The summed E-state index contributed by atoms with van der Waals surface area (Å²) in [5, 5.41) is 0. The SMILES string of the molecule is O=S(=O)(c1ccc(F)cc1)N1CCCC(CN2CCOCC2)CC1. The molecule has 134 valence electrons. The molecule has 2 aliphatic heterocycles. The number of benzene rings is 1. The van der Waals surface area contributed by atoms with Crippen LogP contribution < -0.4 is 0 Å². The van der Waals surface area contributed by atoms with Crippen LogP contribution in [0.25, 0.3) is 0 Å². The van der Waals surface area contributed by atoms with Gasteiger partial charge in [-0.1, -0.05) is 0 Å². The van der Waals surface area contributed by atoms with E-state index in [1.807, 2.05) is 0 Å². The lowest BCUT2D eigenvalue weighted by atomic mass is 10.00. The minimum atomic E-state index is -3.53. The number of sulfonamides is 1. The first-order valence-corrected chi connectivity index (χ1v) is 10.1. The lowest BCUT2D eigenvalue weighted by molar-refractivity contribution is 0.0297. The van der Waals surface area contributed by atoms with E-state index in [2.05, 4.69) is 4.90 Å². The van der Waals surface area contributed by atoms with E-state index in [-0.39, 0.29) is 4.90 Å². The van der Waals surface area contributed by atoms with Gasteiger partial charge in [0.25, 0.3) is 0 Å². The average molecular weight is 356 g/mol. The van der Waals surface area contributed by atoms with Crippen LogP contribution in [0.2, 0.25) is 0 Å². The maximum absolute atomic E-state index is 13.0. The summed E-state index contributed by atoms with van der Waals surface area (Å²) in [4.78, 5) is 2.59. The molecule has 2 heterocycles. The molecule has 0 bridgehead atoms. The van der Waals surface area contributed by atoms with Crippen molar-refractivity contribution in [2.24, 2.45) is 5.92 Å². The van der Waals surface area contributed by atoms with Crippen molar-refractivity contribution in [3.63, 3.8) is 0 Å². The maximum Gasteiger partial charge on any atom is 0.243 e. The van der Waals surface area contributed by atoms with E-state index in [9.17, 15) is 12.8 Å². The molecule has 2 aliphatic rings. The van der Waals surface area contributed by atoms with Crippen molar-refractivity contribution in [3.05, 3.63) is 30.1 Å². The number of halogens is 1. The summed E-state index contributed by atoms with van der Waals surface area (Å²) in [5.41, 5.74) is 0. The Morgan fingerprint density at radius 3 is 2.46 bits per heavy atom. The molecule has 1 aromatic carbocycles. The van der Waals surface area contributed by atoms with Crippen LogP contribution in [0.5, 0.6) is 0 Å². The van der Waals surface area contributed by atoms with Gasteiger partial charge in [-0.3, -0.25) is 4.90 Å². The lowest BCUT2D eigenvalue weighted by Gasteiger charge is -2.30. The lowest BCUT2D eigenvalue weighted by Crippen LogP contribution is -2.39. The third kappa shape index (κ3) is 4.33. The monoisotopic (exact) mass is 356 g/mol. The minimum Gasteiger partial charge on any atom is -0.379 e. The van der Waals surface area contributed by atoms with Crippen LogP contribution in [0.4, 0.5) is 4.39 Å². The zero-order valence-electron chi connectivity index (χ0n) is 13.9. The van der Waals surface area contributed by atoms with Gasteiger partial charge in [0, 0.05) is 32.7 Å². The Morgan fingerprint density at radius 2 is 1.75 bits per heavy atom. The summed E-state index contributed by atoms with van der Waals surface area (Å²) in [6, 6.07) is 5.10. The van der Waals surface area contributed by atoms with E-state index in [0.29, 0.717) is 19.0 Å². The molecule has 0 amide bonds. The van der Waals surface area contributed by atoms with Crippen LogP contribution in [0.15, 0.2) is 29.2 Å². The van der Waals surface area contributed by atoms with Gasteiger partial charge in [0.2, 0.25) is 10.0 Å². The van der Waals surface area contributed by atoms with Crippen molar-refractivity contribution in [1.82, 2.24) is 9.21 Å². The van der Waals surface area contributed by atoms with Gasteiger partial charge in [-0.15, -0.1) is 0 Å². The van der Waals surface area contributed by atoms with Crippen LogP contribution in [-0.4, -0.2) is 63.6 Å². The van der Waals surface area contributed by atoms with Gasteiger partial charge in [0.15, 0.2) is 0 Å². The maximum atomic E-state index is 13.0. The highest BCUT2D eigenvalue weighted by Gasteiger charge is 2.28. The van der Waals surface area contributed by atoms with Gasteiger partial charge in [0.05, 0.1) is 18.1 Å². The summed E-state index contributed by atoms with van der Waals surface area (Å²) < 4.78 is 45.4. The number of hydrogen-bond donors (Lipinski definition) is 0. The summed E-state index contributed by atoms with van der Waals surface area (Å²) in [6.07, 6.45) is 2.79. The molecule has 1 unspecified atom stereocenters. The van der Waals surface area contributed by atoms with E-state index in [1.54, 1.807) is 4.31 Å². The van der Waals surface area contributed by atoms with Crippen LogP contribution in [-0.2, 0) is 14.8 Å².